The van der Waals surface area contributed by atoms with Crippen molar-refractivity contribution in [2.24, 2.45) is 21.6 Å². The van der Waals surface area contributed by atoms with Gasteiger partial charge in [0.1, 0.15) is 16.7 Å². The Morgan fingerprint density at radius 1 is 1.10 bits per heavy atom. The summed E-state index contributed by atoms with van der Waals surface area (Å²) in [6.07, 6.45) is 4.13. The average Bonchev–Trinajstić information content (AvgIpc) is 3.28. The first-order chi connectivity index (χ1) is 13.9. The van der Waals surface area contributed by atoms with Crippen molar-refractivity contribution in [2.75, 3.05) is 11.5 Å². The fraction of sp³-hybridized carbons (Fsp3) is 0.571. The summed E-state index contributed by atoms with van der Waals surface area (Å²) in [6.45, 7) is 4.27. The quantitative estimate of drug-likeness (QED) is 0.345. The van der Waals surface area contributed by atoms with Crippen LogP contribution < -0.4 is 5.73 Å². The molecule has 8 heteroatoms. The minimum atomic E-state index is -1.17. The maximum atomic E-state index is 10.5. The van der Waals surface area contributed by atoms with E-state index in [1.807, 2.05) is 6.07 Å². The summed E-state index contributed by atoms with van der Waals surface area (Å²) in [7, 11) is 0. The van der Waals surface area contributed by atoms with Gasteiger partial charge in [-0.25, -0.2) is 4.99 Å². The lowest BCUT2D eigenvalue weighted by Gasteiger charge is -2.32. The third kappa shape index (κ3) is 3.07. The van der Waals surface area contributed by atoms with Gasteiger partial charge in [-0.05, 0) is 36.0 Å². The van der Waals surface area contributed by atoms with E-state index in [-0.39, 0.29) is 5.84 Å². The van der Waals surface area contributed by atoms with Crippen LogP contribution in [-0.2, 0) is 0 Å². The second kappa shape index (κ2) is 8.60. The summed E-state index contributed by atoms with van der Waals surface area (Å²) >= 11 is 16.1. The monoisotopic (exact) mass is 466 g/mol. The smallest absolute Gasteiger partial charge is 0.175 e. The number of unbranched alkanes of at least 4 members (excludes halogenated alkanes) is 2. The van der Waals surface area contributed by atoms with E-state index >= 15 is 0 Å². The Morgan fingerprint density at radius 2 is 1.72 bits per heavy atom. The second-order valence-corrected chi connectivity index (χ2v) is 11.0. The standard InChI is InChI=1S/C21H24Cl2N4S2/c1-3-5-10-28-21(29-11-6-4-2)20(13-25)17(19(20,12-24)18(26)27-21)14-8-7-9-15(22)16(14)23/h7-9,17H,3-6,10-11H2,1-2H3,(H2,26,27). The molecule has 2 N–H and O–H groups in total. The number of amidine groups is 1. The molecule has 1 heterocycles. The topological polar surface area (TPSA) is 86.0 Å². The van der Waals surface area contributed by atoms with E-state index in [1.165, 1.54) is 0 Å². The van der Waals surface area contributed by atoms with Crippen molar-refractivity contribution in [3.05, 3.63) is 33.8 Å². The number of aliphatic imine (C=N–C) groups is 1. The number of halogens is 2. The molecular formula is C21H24Cl2N4S2. The molecule has 4 nitrogen and oxygen atoms in total. The second-order valence-electron chi connectivity index (χ2n) is 7.40. The highest BCUT2D eigenvalue weighted by Crippen LogP contribution is 2.85. The highest BCUT2D eigenvalue weighted by atomic mass is 35.5. The van der Waals surface area contributed by atoms with Crippen LogP contribution in [0.1, 0.15) is 51.0 Å². The van der Waals surface area contributed by atoms with E-state index in [0.717, 1.165) is 37.2 Å². The Balaban J connectivity index is 2.15. The molecular weight excluding hydrogens is 443 g/mol. The van der Waals surface area contributed by atoms with Crippen LogP contribution in [0.5, 0.6) is 0 Å². The predicted molar refractivity (Wildman–Crippen MR) is 124 cm³/mol. The molecule has 1 aromatic rings. The highest BCUT2D eigenvalue weighted by Gasteiger charge is 2.92. The number of hydrogen-bond donors (Lipinski definition) is 1. The molecule has 154 valence electrons. The Kier molecular flexibility index (Phi) is 6.71. The third-order valence-corrected chi connectivity index (χ3v) is 9.95. The molecule has 1 aliphatic heterocycles. The lowest BCUT2D eigenvalue weighted by molar-refractivity contribution is 0.562. The van der Waals surface area contributed by atoms with Gasteiger partial charge in [-0.15, -0.1) is 23.5 Å². The molecule has 1 saturated carbocycles. The molecule has 0 radical (unpaired) electrons. The van der Waals surface area contributed by atoms with Crippen molar-refractivity contribution in [3.8, 4) is 12.1 Å². The number of thioether (sulfide) groups is 2. The first-order valence-corrected chi connectivity index (χ1v) is 12.5. The Morgan fingerprint density at radius 3 is 2.24 bits per heavy atom. The number of hydrogen-bond acceptors (Lipinski definition) is 6. The van der Waals surface area contributed by atoms with Crippen LogP contribution >= 0.6 is 46.7 Å². The van der Waals surface area contributed by atoms with Crippen LogP contribution in [-0.4, -0.2) is 21.5 Å². The number of benzene rings is 1. The molecule has 0 aromatic heterocycles. The molecule has 3 unspecified atom stereocenters. The normalized spacial score (nSPS) is 28.9. The molecule has 3 atom stereocenters. The van der Waals surface area contributed by atoms with Gasteiger partial charge in [-0.1, -0.05) is 62.0 Å². The molecule has 0 bridgehead atoms. The Hall–Kier alpha value is -1.05. The summed E-state index contributed by atoms with van der Waals surface area (Å²) in [5, 5.41) is 21.5. The number of fused-ring (bicyclic) bond motifs is 1. The van der Waals surface area contributed by atoms with Gasteiger partial charge in [0.05, 0.1) is 22.2 Å². The van der Waals surface area contributed by atoms with E-state index in [0.29, 0.717) is 15.6 Å². The molecule has 29 heavy (non-hydrogen) atoms. The molecule has 2 aliphatic rings. The molecule has 1 fully saturated rings. The van der Waals surface area contributed by atoms with Crippen molar-refractivity contribution in [3.63, 3.8) is 0 Å². The van der Waals surface area contributed by atoms with E-state index < -0.39 is 21.0 Å². The van der Waals surface area contributed by atoms with Gasteiger partial charge >= 0.3 is 0 Å². The molecule has 0 spiro atoms. The zero-order valence-electron chi connectivity index (χ0n) is 16.5. The molecule has 1 aliphatic carbocycles. The van der Waals surface area contributed by atoms with Crippen LogP contribution in [0.2, 0.25) is 10.0 Å². The van der Waals surface area contributed by atoms with E-state index in [4.69, 9.17) is 33.9 Å². The van der Waals surface area contributed by atoms with Crippen LogP contribution in [0.3, 0.4) is 0 Å². The van der Waals surface area contributed by atoms with Gasteiger partial charge in [0, 0.05) is 5.92 Å². The van der Waals surface area contributed by atoms with Gasteiger partial charge in [-0.3, -0.25) is 0 Å². The molecule has 1 aromatic carbocycles. The van der Waals surface area contributed by atoms with E-state index in [1.54, 1.807) is 35.7 Å². The largest absolute Gasteiger partial charge is 0.386 e. The van der Waals surface area contributed by atoms with Gasteiger partial charge in [0.15, 0.2) is 4.20 Å². The maximum absolute atomic E-state index is 10.5. The summed E-state index contributed by atoms with van der Waals surface area (Å²) in [5.41, 5.74) is 4.87. The number of rotatable bonds is 9. The SMILES string of the molecule is CCCCSC1(SCCCC)N=C(N)C2(C#N)C(c3cccc(Cl)c3Cl)C12C#N. The summed E-state index contributed by atoms with van der Waals surface area (Å²) < 4.78 is -0.817. The third-order valence-electron chi connectivity index (χ3n) is 5.81. The summed E-state index contributed by atoms with van der Waals surface area (Å²) in [6, 6.07) is 10.3. The van der Waals surface area contributed by atoms with Crippen molar-refractivity contribution in [2.45, 2.75) is 49.7 Å². The van der Waals surface area contributed by atoms with Gasteiger partial charge in [-0.2, -0.15) is 10.5 Å². The predicted octanol–water partition coefficient (Wildman–Crippen LogP) is 6.20. The molecule has 3 rings (SSSR count). The molecule has 0 amide bonds. The zero-order valence-corrected chi connectivity index (χ0v) is 19.7. The Labute approximate surface area is 191 Å². The Bertz CT molecular complexity index is 897. The first kappa shape index (κ1) is 22.6. The molecule has 0 saturated heterocycles. The van der Waals surface area contributed by atoms with E-state index in [2.05, 4.69) is 26.0 Å². The van der Waals surface area contributed by atoms with Crippen molar-refractivity contribution in [1.82, 2.24) is 0 Å². The number of nitrogens with two attached hydrogens (primary N) is 1. The first-order valence-electron chi connectivity index (χ1n) is 9.82. The van der Waals surface area contributed by atoms with Crippen LogP contribution in [0, 0.1) is 33.5 Å². The lowest BCUT2D eigenvalue weighted by Crippen LogP contribution is -2.32. The minimum absolute atomic E-state index is 0.246. The highest BCUT2D eigenvalue weighted by molar-refractivity contribution is 8.18. The van der Waals surface area contributed by atoms with Crippen molar-refractivity contribution >= 4 is 52.6 Å². The van der Waals surface area contributed by atoms with Crippen molar-refractivity contribution < 1.29 is 0 Å². The summed E-state index contributed by atoms with van der Waals surface area (Å²) in [5.74, 6) is 1.51. The van der Waals surface area contributed by atoms with Crippen LogP contribution in [0.15, 0.2) is 23.2 Å². The number of nitrogens with zero attached hydrogens (tertiary/aromatic N) is 3. The minimum Gasteiger partial charge on any atom is -0.386 e. The average molecular weight is 467 g/mol. The van der Waals surface area contributed by atoms with E-state index in [9.17, 15) is 10.5 Å². The van der Waals surface area contributed by atoms with Crippen LogP contribution in [0.4, 0.5) is 0 Å². The lowest BCUT2D eigenvalue weighted by atomic mass is 9.97. The van der Waals surface area contributed by atoms with Gasteiger partial charge in [0.25, 0.3) is 0 Å². The number of nitriles is 2. The zero-order chi connectivity index (χ0) is 21.3. The van der Waals surface area contributed by atoms with Crippen LogP contribution in [0.25, 0.3) is 0 Å². The van der Waals surface area contributed by atoms with Crippen molar-refractivity contribution in [1.29, 1.82) is 10.5 Å². The summed E-state index contributed by atoms with van der Waals surface area (Å²) in [4.78, 5) is 4.81. The fourth-order valence-corrected chi connectivity index (χ4v) is 8.38. The van der Waals surface area contributed by atoms with Gasteiger partial charge in [0.2, 0.25) is 0 Å². The van der Waals surface area contributed by atoms with Gasteiger partial charge < -0.3 is 5.73 Å². The fourth-order valence-electron chi connectivity index (χ4n) is 4.28. The maximum Gasteiger partial charge on any atom is 0.175 e.